The second-order valence-electron chi connectivity index (χ2n) is 6.61. The molecule has 0 saturated carbocycles. The molecule has 2 N–H and O–H groups in total. The second-order valence-corrected chi connectivity index (χ2v) is 6.61. The fraction of sp³-hybridized carbons (Fsp3) is 0.136. The Labute approximate surface area is 172 Å². The Balaban J connectivity index is 1.54. The lowest BCUT2D eigenvalue weighted by atomic mass is 10.1. The predicted octanol–water partition coefficient (Wildman–Crippen LogP) is 2.69. The first-order valence-electron chi connectivity index (χ1n) is 9.31. The Hall–Kier alpha value is -4.07. The summed E-state index contributed by atoms with van der Waals surface area (Å²) in [6.45, 7) is 0.0898. The van der Waals surface area contributed by atoms with Gasteiger partial charge in [-0.2, -0.15) is 0 Å². The van der Waals surface area contributed by atoms with E-state index in [0.29, 0.717) is 22.7 Å². The minimum Gasteiger partial charge on any atom is -0.477 e. The van der Waals surface area contributed by atoms with Crippen LogP contribution in [0.5, 0.6) is 5.75 Å². The number of ether oxygens (including phenoxy) is 1. The topological polar surface area (TPSA) is 101 Å². The van der Waals surface area contributed by atoms with Gasteiger partial charge in [0.15, 0.2) is 11.9 Å². The van der Waals surface area contributed by atoms with Crippen molar-refractivity contribution < 1.29 is 23.5 Å². The molecule has 0 spiro atoms. The van der Waals surface area contributed by atoms with Gasteiger partial charge in [-0.3, -0.25) is 14.4 Å². The van der Waals surface area contributed by atoms with Gasteiger partial charge >= 0.3 is 0 Å². The monoisotopic (exact) mass is 405 g/mol. The van der Waals surface area contributed by atoms with Crippen LogP contribution in [0.3, 0.4) is 0 Å². The number of para-hydroxylation sites is 2. The molecular weight excluding hydrogens is 386 g/mol. The fourth-order valence-corrected chi connectivity index (χ4v) is 3.18. The lowest BCUT2D eigenvalue weighted by Gasteiger charge is -2.34. The molecule has 0 radical (unpaired) electrons. The lowest BCUT2D eigenvalue weighted by molar-refractivity contribution is -0.127. The van der Waals surface area contributed by atoms with Crippen molar-refractivity contribution in [1.29, 1.82) is 0 Å². The zero-order valence-corrected chi connectivity index (χ0v) is 16.1. The van der Waals surface area contributed by atoms with Gasteiger partial charge in [0, 0.05) is 18.3 Å². The highest BCUT2D eigenvalue weighted by Gasteiger charge is 2.33. The molecular formula is C22H19N3O5. The third-order valence-electron chi connectivity index (χ3n) is 4.69. The van der Waals surface area contributed by atoms with Crippen LogP contribution in [0, 0.1) is 0 Å². The summed E-state index contributed by atoms with van der Waals surface area (Å²) < 4.78 is 10.8. The Kier molecular flexibility index (Phi) is 5.21. The summed E-state index contributed by atoms with van der Waals surface area (Å²) >= 11 is 0. The van der Waals surface area contributed by atoms with Crippen LogP contribution >= 0.6 is 0 Å². The minimum atomic E-state index is -0.805. The number of anilines is 2. The van der Waals surface area contributed by atoms with Gasteiger partial charge in [0.25, 0.3) is 17.7 Å². The van der Waals surface area contributed by atoms with Gasteiger partial charge in [0.05, 0.1) is 18.5 Å². The van der Waals surface area contributed by atoms with Crippen molar-refractivity contribution in [2.24, 2.45) is 0 Å². The molecule has 8 nitrogen and oxygen atoms in total. The van der Waals surface area contributed by atoms with E-state index < -0.39 is 6.10 Å². The Morgan fingerprint density at radius 1 is 1.00 bits per heavy atom. The van der Waals surface area contributed by atoms with Gasteiger partial charge in [-0.25, -0.2) is 0 Å². The first-order chi connectivity index (χ1) is 14.6. The van der Waals surface area contributed by atoms with E-state index >= 15 is 0 Å². The van der Waals surface area contributed by atoms with Crippen LogP contribution in [-0.2, 0) is 4.79 Å². The van der Waals surface area contributed by atoms with Crippen molar-refractivity contribution in [1.82, 2.24) is 5.32 Å². The number of likely N-dealkylation sites (N-methyl/N-ethyl adjacent to an activating group) is 1. The van der Waals surface area contributed by atoms with E-state index in [1.54, 1.807) is 60.7 Å². The van der Waals surface area contributed by atoms with Gasteiger partial charge in [0.1, 0.15) is 5.75 Å². The number of nitrogens with one attached hydrogen (secondary N) is 2. The molecule has 2 heterocycles. The highest BCUT2D eigenvalue weighted by Crippen LogP contribution is 2.34. The third-order valence-corrected chi connectivity index (χ3v) is 4.69. The van der Waals surface area contributed by atoms with Gasteiger partial charge < -0.3 is 24.7 Å². The summed E-state index contributed by atoms with van der Waals surface area (Å²) in [7, 11) is 1.52. The summed E-state index contributed by atoms with van der Waals surface area (Å²) in [4.78, 5) is 38.9. The molecule has 0 fully saturated rings. The second kappa shape index (κ2) is 8.12. The molecule has 0 saturated heterocycles. The summed E-state index contributed by atoms with van der Waals surface area (Å²) in [5, 5.41) is 5.26. The number of benzene rings is 2. The third kappa shape index (κ3) is 3.75. The van der Waals surface area contributed by atoms with Crippen molar-refractivity contribution >= 4 is 29.1 Å². The summed E-state index contributed by atoms with van der Waals surface area (Å²) in [6, 6.07) is 16.8. The summed E-state index contributed by atoms with van der Waals surface area (Å²) in [5.41, 5.74) is 1.54. The summed E-state index contributed by atoms with van der Waals surface area (Å²) in [5.74, 6) is -0.301. The number of fused-ring (bicyclic) bond motifs is 1. The first-order valence-corrected chi connectivity index (χ1v) is 9.31. The van der Waals surface area contributed by atoms with Gasteiger partial charge in [0.2, 0.25) is 0 Å². The largest absolute Gasteiger partial charge is 0.477 e. The molecule has 3 amide bonds. The van der Waals surface area contributed by atoms with E-state index in [0.717, 1.165) is 0 Å². The van der Waals surface area contributed by atoms with Crippen molar-refractivity contribution in [3.8, 4) is 5.75 Å². The minimum absolute atomic E-state index is 0.0898. The quantitative estimate of drug-likeness (QED) is 0.695. The fourth-order valence-electron chi connectivity index (χ4n) is 3.18. The van der Waals surface area contributed by atoms with Crippen molar-refractivity contribution in [3.05, 3.63) is 78.3 Å². The van der Waals surface area contributed by atoms with Crippen molar-refractivity contribution in [2.75, 3.05) is 23.8 Å². The maximum Gasteiger partial charge on any atom is 0.291 e. The number of amides is 3. The predicted molar refractivity (Wildman–Crippen MR) is 110 cm³/mol. The first kappa shape index (κ1) is 19.3. The molecule has 1 aromatic heterocycles. The normalized spacial score (nSPS) is 15.0. The maximum absolute atomic E-state index is 13.2. The molecule has 2 aromatic carbocycles. The van der Waals surface area contributed by atoms with E-state index in [-0.39, 0.29) is 30.0 Å². The van der Waals surface area contributed by atoms with Gasteiger partial charge in [-0.15, -0.1) is 0 Å². The number of furan rings is 1. The van der Waals surface area contributed by atoms with Crippen molar-refractivity contribution in [2.45, 2.75) is 6.10 Å². The standard InChI is InChI=1S/C22H19N3O5/c1-23-20(26)19-13-25(16-5-2-3-6-17(16)30-19)22(28)14-8-10-15(11-9-14)24-21(27)18-7-4-12-29-18/h2-12,19H,13H2,1H3,(H,23,26)(H,24,27)/t19-/m0/s1. The Morgan fingerprint density at radius 3 is 2.47 bits per heavy atom. The van der Waals surface area contributed by atoms with E-state index in [1.165, 1.54) is 18.2 Å². The van der Waals surface area contributed by atoms with Crippen LogP contribution in [-0.4, -0.2) is 37.4 Å². The SMILES string of the molecule is CNC(=O)[C@@H]1CN(C(=O)c2ccc(NC(=O)c3ccco3)cc2)c2ccccc2O1. The van der Waals surface area contributed by atoms with E-state index in [1.807, 2.05) is 0 Å². The number of nitrogens with zero attached hydrogens (tertiary/aromatic N) is 1. The highest BCUT2D eigenvalue weighted by atomic mass is 16.5. The van der Waals surface area contributed by atoms with Crippen LogP contribution < -0.4 is 20.3 Å². The summed E-state index contributed by atoms with van der Waals surface area (Å²) in [6.07, 6.45) is 0.615. The van der Waals surface area contributed by atoms with Crippen LogP contribution in [0.2, 0.25) is 0 Å². The number of hydrogen-bond acceptors (Lipinski definition) is 5. The number of rotatable bonds is 4. The van der Waals surface area contributed by atoms with E-state index in [9.17, 15) is 14.4 Å². The average molecular weight is 405 g/mol. The molecule has 4 rings (SSSR count). The van der Waals surface area contributed by atoms with E-state index in [2.05, 4.69) is 10.6 Å². The van der Waals surface area contributed by atoms with Crippen LogP contribution in [0.25, 0.3) is 0 Å². The zero-order valence-electron chi connectivity index (χ0n) is 16.1. The highest BCUT2D eigenvalue weighted by molar-refractivity contribution is 6.08. The maximum atomic E-state index is 13.2. The number of hydrogen-bond donors (Lipinski definition) is 2. The van der Waals surface area contributed by atoms with Crippen LogP contribution in [0.1, 0.15) is 20.9 Å². The van der Waals surface area contributed by atoms with Gasteiger partial charge in [-0.1, -0.05) is 12.1 Å². The van der Waals surface area contributed by atoms with Crippen LogP contribution in [0.15, 0.2) is 71.3 Å². The Morgan fingerprint density at radius 2 is 1.77 bits per heavy atom. The molecule has 0 aliphatic carbocycles. The molecule has 0 unspecified atom stereocenters. The molecule has 1 aliphatic rings. The van der Waals surface area contributed by atoms with Crippen molar-refractivity contribution in [3.63, 3.8) is 0 Å². The zero-order chi connectivity index (χ0) is 21.1. The molecule has 152 valence electrons. The average Bonchev–Trinajstić information content (AvgIpc) is 3.33. The molecule has 0 bridgehead atoms. The molecule has 30 heavy (non-hydrogen) atoms. The Bertz CT molecular complexity index is 1080. The van der Waals surface area contributed by atoms with Crippen LogP contribution in [0.4, 0.5) is 11.4 Å². The molecule has 1 atom stereocenters. The molecule has 8 heteroatoms. The smallest absolute Gasteiger partial charge is 0.291 e. The molecule has 3 aromatic rings. The molecule has 1 aliphatic heterocycles. The number of carbonyl (C=O) groups excluding carboxylic acids is 3. The number of carbonyl (C=O) groups is 3. The lowest BCUT2D eigenvalue weighted by Crippen LogP contribution is -2.50. The van der Waals surface area contributed by atoms with E-state index in [4.69, 9.17) is 9.15 Å². The van der Waals surface area contributed by atoms with Gasteiger partial charge in [-0.05, 0) is 48.5 Å².